The molecule has 5 unspecified atom stereocenters. The normalized spacial score (nSPS) is 24.2. The molecule has 1 aromatic rings. The average Bonchev–Trinajstić information content (AvgIpc) is 3.16. The molecule has 5 atom stereocenters. The van der Waals surface area contributed by atoms with Gasteiger partial charge in [-0.2, -0.15) is 0 Å². The zero-order chi connectivity index (χ0) is 31.5. The number of thiophene rings is 1. The second-order valence-electron chi connectivity index (χ2n) is 12.8. The zero-order valence-electron chi connectivity index (χ0n) is 25.0. The number of carboxylic acids is 1. The molecule has 42 heavy (non-hydrogen) atoms. The van der Waals surface area contributed by atoms with Crippen molar-refractivity contribution < 1.29 is 38.6 Å². The topological polar surface area (TPSA) is 163 Å². The molecule has 4 N–H and O–H groups in total. The van der Waals surface area contributed by atoms with Crippen LogP contribution in [0.4, 0.5) is 9.59 Å². The first-order valence-electron chi connectivity index (χ1n) is 13.9. The molecule has 4 amide bonds. The molecule has 1 aromatic heterocycles. The number of amides is 4. The van der Waals surface area contributed by atoms with Gasteiger partial charge in [-0.1, -0.05) is 32.9 Å². The maximum absolute atomic E-state index is 14.0. The van der Waals surface area contributed by atoms with E-state index in [0.29, 0.717) is 13.0 Å². The number of nitrogens with zero attached hydrogens (tertiary/aromatic N) is 1. The molecule has 2 heterocycles. The number of alkyl carbamates (subject to hydrolysis) is 2. The molecular formula is C29H42N4O8S. The number of carbonyl (C=O) groups excluding carboxylic acids is 4. The molecule has 1 aliphatic carbocycles. The van der Waals surface area contributed by atoms with Crippen LogP contribution in [0.25, 0.3) is 0 Å². The summed E-state index contributed by atoms with van der Waals surface area (Å²) in [5.74, 6) is -2.93. The van der Waals surface area contributed by atoms with Gasteiger partial charge in [-0.25, -0.2) is 14.4 Å². The van der Waals surface area contributed by atoms with Gasteiger partial charge in [0.2, 0.25) is 11.8 Å². The van der Waals surface area contributed by atoms with E-state index in [1.807, 2.05) is 17.5 Å². The van der Waals surface area contributed by atoms with E-state index in [1.54, 1.807) is 52.9 Å². The minimum absolute atomic E-state index is 0.0479. The van der Waals surface area contributed by atoms with Crippen molar-refractivity contribution in [2.24, 2.45) is 11.3 Å². The Bertz CT molecular complexity index is 1190. The quantitative estimate of drug-likeness (QED) is 0.295. The molecular weight excluding hydrogens is 564 g/mol. The highest BCUT2D eigenvalue weighted by molar-refractivity contribution is 7.09. The van der Waals surface area contributed by atoms with Crippen molar-refractivity contribution in [3.05, 3.63) is 35.0 Å². The van der Waals surface area contributed by atoms with Crippen molar-refractivity contribution in [3.63, 3.8) is 0 Å². The second-order valence-corrected chi connectivity index (χ2v) is 13.8. The molecule has 1 saturated carbocycles. The van der Waals surface area contributed by atoms with Gasteiger partial charge in [0.1, 0.15) is 29.3 Å². The van der Waals surface area contributed by atoms with E-state index in [9.17, 15) is 29.1 Å². The fourth-order valence-corrected chi connectivity index (χ4v) is 5.58. The third-order valence-corrected chi connectivity index (χ3v) is 8.08. The zero-order valence-corrected chi connectivity index (χ0v) is 25.8. The van der Waals surface area contributed by atoms with Crippen LogP contribution >= 0.6 is 11.3 Å². The Labute approximate surface area is 250 Å². The lowest BCUT2D eigenvalue weighted by molar-refractivity contribution is -0.146. The lowest BCUT2D eigenvalue weighted by atomic mass is 9.85. The third-order valence-electron chi connectivity index (χ3n) is 7.14. The lowest BCUT2D eigenvalue weighted by Gasteiger charge is -2.35. The van der Waals surface area contributed by atoms with Gasteiger partial charge < -0.3 is 35.4 Å². The van der Waals surface area contributed by atoms with Gasteiger partial charge in [0, 0.05) is 23.8 Å². The summed E-state index contributed by atoms with van der Waals surface area (Å²) in [7, 11) is 0. The second kappa shape index (κ2) is 12.7. The highest BCUT2D eigenvalue weighted by Gasteiger charge is 2.61. The van der Waals surface area contributed by atoms with Crippen LogP contribution < -0.4 is 16.0 Å². The van der Waals surface area contributed by atoms with Gasteiger partial charge in [0.25, 0.3) is 0 Å². The Morgan fingerprint density at radius 3 is 2.40 bits per heavy atom. The molecule has 2 aliphatic rings. The summed E-state index contributed by atoms with van der Waals surface area (Å²) in [6.07, 6.45) is -0.116. The number of ether oxygens (including phenoxy) is 2. The van der Waals surface area contributed by atoms with Crippen LogP contribution in [0.5, 0.6) is 0 Å². The minimum Gasteiger partial charge on any atom is -0.479 e. The van der Waals surface area contributed by atoms with Crippen molar-refractivity contribution in [1.29, 1.82) is 0 Å². The smallest absolute Gasteiger partial charge is 0.408 e. The Morgan fingerprint density at radius 1 is 1.19 bits per heavy atom. The minimum atomic E-state index is -1.51. The number of hydrogen-bond acceptors (Lipinski definition) is 8. The van der Waals surface area contributed by atoms with Crippen LogP contribution in [0.2, 0.25) is 0 Å². The van der Waals surface area contributed by atoms with E-state index < -0.39 is 70.6 Å². The molecule has 0 aromatic carbocycles. The number of aliphatic carboxylic acids is 1. The number of likely N-dealkylation sites (tertiary alicyclic amines) is 1. The number of rotatable bonds is 10. The number of carboxylic acid groups (broad SMARTS) is 1. The maximum Gasteiger partial charge on any atom is 0.408 e. The molecule has 0 spiro atoms. The monoisotopic (exact) mass is 606 g/mol. The molecule has 13 heteroatoms. The fraction of sp³-hybridized carbons (Fsp3) is 0.621. The van der Waals surface area contributed by atoms with Gasteiger partial charge >= 0.3 is 18.2 Å². The predicted molar refractivity (Wildman–Crippen MR) is 156 cm³/mol. The SMILES string of the molecule is C=CC1CC1(NC(=O)C1CC(OC(=O)NCCc2cccs2)CN1C(=O)C(NC(=O)OC(C)(C)C)C(C)(C)C)C(=O)O. The summed E-state index contributed by atoms with van der Waals surface area (Å²) in [6, 6.07) is 1.63. The predicted octanol–water partition coefficient (Wildman–Crippen LogP) is 3.07. The highest BCUT2D eigenvalue weighted by atomic mass is 32.1. The highest BCUT2D eigenvalue weighted by Crippen LogP contribution is 2.45. The van der Waals surface area contributed by atoms with Crippen LogP contribution in [0, 0.1) is 11.3 Å². The summed E-state index contributed by atoms with van der Waals surface area (Å²) in [5, 5.41) is 19.7. The average molecular weight is 607 g/mol. The van der Waals surface area contributed by atoms with Crippen molar-refractivity contribution in [2.45, 2.75) is 90.1 Å². The maximum atomic E-state index is 14.0. The Hall–Kier alpha value is -3.61. The van der Waals surface area contributed by atoms with Gasteiger partial charge in [-0.05, 0) is 50.5 Å². The Balaban J connectivity index is 1.78. The number of hydrogen-bond donors (Lipinski definition) is 4. The first-order chi connectivity index (χ1) is 19.5. The van der Waals surface area contributed by atoms with Gasteiger partial charge in [0.05, 0.1) is 6.54 Å². The molecule has 0 bridgehead atoms. The Morgan fingerprint density at radius 2 is 1.88 bits per heavy atom. The fourth-order valence-electron chi connectivity index (χ4n) is 4.87. The number of carbonyl (C=O) groups is 5. The summed E-state index contributed by atoms with van der Waals surface area (Å²) < 4.78 is 10.9. The Kier molecular flexibility index (Phi) is 9.96. The van der Waals surface area contributed by atoms with E-state index >= 15 is 0 Å². The van der Waals surface area contributed by atoms with Crippen molar-refractivity contribution in [2.75, 3.05) is 13.1 Å². The van der Waals surface area contributed by atoms with E-state index in [-0.39, 0.29) is 19.4 Å². The van der Waals surface area contributed by atoms with Gasteiger partial charge in [0.15, 0.2) is 0 Å². The summed E-state index contributed by atoms with van der Waals surface area (Å²) in [5.41, 5.74) is -3.11. The van der Waals surface area contributed by atoms with Crippen LogP contribution in [0.1, 0.15) is 59.3 Å². The van der Waals surface area contributed by atoms with Gasteiger partial charge in [-0.15, -0.1) is 17.9 Å². The molecule has 1 aliphatic heterocycles. The molecule has 0 radical (unpaired) electrons. The van der Waals surface area contributed by atoms with E-state index in [4.69, 9.17) is 9.47 Å². The van der Waals surface area contributed by atoms with Crippen LogP contribution in [0.15, 0.2) is 30.2 Å². The molecule has 232 valence electrons. The molecule has 1 saturated heterocycles. The summed E-state index contributed by atoms with van der Waals surface area (Å²) >= 11 is 1.57. The van der Waals surface area contributed by atoms with Crippen LogP contribution in [0.3, 0.4) is 0 Å². The summed E-state index contributed by atoms with van der Waals surface area (Å²) in [4.78, 5) is 67.1. The van der Waals surface area contributed by atoms with Crippen molar-refractivity contribution in [3.8, 4) is 0 Å². The third kappa shape index (κ3) is 8.24. The van der Waals surface area contributed by atoms with Gasteiger partial charge in [-0.3, -0.25) is 9.59 Å². The first-order valence-corrected chi connectivity index (χ1v) is 14.8. The van der Waals surface area contributed by atoms with Crippen molar-refractivity contribution >= 4 is 41.3 Å². The van der Waals surface area contributed by atoms with Crippen LogP contribution in [-0.2, 0) is 30.3 Å². The van der Waals surface area contributed by atoms with Crippen molar-refractivity contribution in [1.82, 2.24) is 20.9 Å². The standard InChI is InChI=1S/C29H42N4O8S/c1-8-17-15-29(17,24(36)37)32-22(34)20-14-18(40-25(38)30-12-11-19-10-9-13-42-19)16-33(20)23(35)21(27(2,3)4)31-26(39)41-28(5,6)7/h8-10,13,17-18,20-21H,1,11-12,14-16H2,2-7H3,(H,30,38)(H,31,39)(H,32,34)(H,36,37). The molecule has 3 rings (SSSR count). The van der Waals surface area contributed by atoms with E-state index in [2.05, 4.69) is 22.5 Å². The van der Waals surface area contributed by atoms with E-state index in [0.717, 1.165) is 4.88 Å². The molecule has 12 nitrogen and oxygen atoms in total. The number of nitrogens with one attached hydrogen (secondary N) is 3. The summed E-state index contributed by atoms with van der Waals surface area (Å²) in [6.45, 7) is 14.2. The lowest BCUT2D eigenvalue weighted by Crippen LogP contribution is -2.59. The largest absolute Gasteiger partial charge is 0.479 e. The first kappa shape index (κ1) is 32.9. The molecule has 2 fully saturated rings. The van der Waals surface area contributed by atoms with Crippen LogP contribution in [-0.4, -0.2) is 82.4 Å². The van der Waals surface area contributed by atoms with E-state index in [1.165, 1.54) is 11.0 Å².